The molecule has 0 aromatic heterocycles. The molecule has 2 aromatic rings. The second-order valence-corrected chi connectivity index (χ2v) is 6.26. The third kappa shape index (κ3) is 0.986. The third-order valence-corrected chi connectivity index (χ3v) is 5.36. The van der Waals surface area contributed by atoms with Crippen molar-refractivity contribution in [1.82, 2.24) is 0 Å². The Labute approximate surface area is 109 Å². The molecule has 2 aromatic carbocycles. The summed E-state index contributed by atoms with van der Waals surface area (Å²) in [5, 5.41) is 0. The van der Waals surface area contributed by atoms with E-state index in [0.717, 1.165) is 0 Å². The predicted octanol–water partition coefficient (Wildman–Crippen LogP) is 4.41. The van der Waals surface area contributed by atoms with Crippen molar-refractivity contribution in [3.05, 3.63) is 70.8 Å². The lowest BCUT2D eigenvalue weighted by Crippen LogP contribution is -2.46. The lowest BCUT2D eigenvalue weighted by Gasteiger charge is -2.53. The third-order valence-electron chi connectivity index (χ3n) is 5.36. The molecule has 3 aliphatic rings. The fourth-order valence-corrected chi connectivity index (χ4v) is 4.22. The summed E-state index contributed by atoms with van der Waals surface area (Å²) in [5.74, 6) is 0. The van der Waals surface area contributed by atoms with Gasteiger partial charge in [0.2, 0.25) is 0 Å². The van der Waals surface area contributed by atoms with Gasteiger partial charge in [-0.25, -0.2) is 0 Å². The molecular formula is C18H18. The van der Waals surface area contributed by atoms with Gasteiger partial charge in [0, 0.05) is 10.8 Å². The minimum atomic E-state index is 0.227. The second kappa shape index (κ2) is 3.06. The normalized spacial score (nSPS) is 31.9. The van der Waals surface area contributed by atoms with Crippen LogP contribution < -0.4 is 0 Å². The number of rotatable bonds is 0. The molecule has 0 heterocycles. The maximum atomic E-state index is 2.42. The molecule has 0 radical (unpaired) electrons. The summed E-state index contributed by atoms with van der Waals surface area (Å²) < 4.78 is 0. The van der Waals surface area contributed by atoms with E-state index in [1.54, 1.807) is 22.3 Å². The predicted molar refractivity (Wildman–Crippen MR) is 75.0 cm³/mol. The van der Waals surface area contributed by atoms with E-state index in [9.17, 15) is 0 Å². The monoisotopic (exact) mass is 234 g/mol. The first-order valence-electron chi connectivity index (χ1n) is 6.86. The zero-order chi connectivity index (χ0) is 12.4. The van der Waals surface area contributed by atoms with Crippen LogP contribution in [-0.4, -0.2) is 0 Å². The van der Waals surface area contributed by atoms with Crippen LogP contribution in [0.4, 0.5) is 0 Å². The van der Waals surface area contributed by atoms with Gasteiger partial charge in [-0.1, -0.05) is 62.4 Å². The van der Waals surface area contributed by atoms with Gasteiger partial charge in [0.05, 0.1) is 0 Å². The highest BCUT2D eigenvalue weighted by Gasteiger charge is 2.50. The molecule has 0 heteroatoms. The molecule has 3 aliphatic carbocycles. The molecule has 0 N–H and O–H groups in total. The minimum absolute atomic E-state index is 0.227. The van der Waals surface area contributed by atoms with Gasteiger partial charge in [-0.2, -0.15) is 0 Å². The van der Waals surface area contributed by atoms with Crippen LogP contribution in [0.1, 0.15) is 48.9 Å². The lowest BCUT2D eigenvalue weighted by molar-refractivity contribution is 0.327. The molecule has 0 fully saturated rings. The molecule has 0 aliphatic heterocycles. The highest BCUT2D eigenvalue weighted by molar-refractivity contribution is 5.61. The van der Waals surface area contributed by atoms with Crippen LogP contribution in [0.3, 0.4) is 0 Å². The molecular weight excluding hydrogens is 216 g/mol. The summed E-state index contributed by atoms with van der Waals surface area (Å²) in [6.07, 6.45) is 2.55. The van der Waals surface area contributed by atoms with Crippen molar-refractivity contribution in [1.29, 1.82) is 0 Å². The Bertz CT molecular complexity index is 532. The number of fused-ring (bicyclic) bond motifs is 1. The van der Waals surface area contributed by atoms with Crippen LogP contribution in [0.2, 0.25) is 0 Å². The molecule has 0 atom stereocenters. The van der Waals surface area contributed by atoms with Gasteiger partial charge < -0.3 is 0 Å². The first kappa shape index (κ1) is 10.4. The van der Waals surface area contributed by atoms with Crippen LogP contribution in [0.5, 0.6) is 0 Å². The quantitative estimate of drug-likeness (QED) is 0.633. The Hall–Kier alpha value is -1.56. The molecule has 0 amide bonds. The maximum Gasteiger partial charge on any atom is 0.0181 e. The Morgan fingerprint density at radius 2 is 0.889 bits per heavy atom. The van der Waals surface area contributed by atoms with E-state index in [0.29, 0.717) is 0 Å². The summed E-state index contributed by atoms with van der Waals surface area (Å²) in [6.45, 7) is 4.84. The molecule has 0 spiro atoms. The van der Waals surface area contributed by atoms with E-state index in [-0.39, 0.29) is 10.8 Å². The van der Waals surface area contributed by atoms with Gasteiger partial charge in [0.1, 0.15) is 0 Å². The van der Waals surface area contributed by atoms with Crippen molar-refractivity contribution in [2.75, 3.05) is 0 Å². The van der Waals surface area contributed by atoms with Crippen LogP contribution in [0.15, 0.2) is 48.5 Å². The molecule has 0 unspecified atom stereocenters. The first-order valence-corrected chi connectivity index (χ1v) is 6.86. The Morgan fingerprint density at radius 3 is 1.17 bits per heavy atom. The van der Waals surface area contributed by atoms with Gasteiger partial charge in [-0.05, 0) is 35.1 Å². The second-order valence-electron chi connectivity index (χ2n) is 6.26. The number of benzene rings is 2. The van der Waals surface area contributed by atoms with Crippen LogP contribution in [-0.2, 0) is 10.8 Å². The average molecular weight is 234 g/mol. The molecule has 0 saturated heterocycles. The molecule has 0 nitrogen and oxygen atoms in total. The van der Waals surface area contributed by atoms with Crippen LogP contribution in [0.25, 0.3) is 0 Å². The lowest BCUT2D eigenvalue weighted by atomic mass is 9.50. The van der Waals surface area contributed by atoms with Gasteiger partial charge >= 0.3 is 0 Å². The first-order chi connectivity index (χ1) is 8.66. The maximum absolute atomic E-state index is 2.42. The van der Waals surface area contributed by atoms with E-state index in [4.69, 9.17) is 0 Å². The van der Waals surface area contributed by atoms with Crippen LogP contribution >= 0.6 is 0 Å². The SMILES string of the molecule is CC12CCC(C)(c3ccccc31)c1ccccc12. The van der Waals surface area contributed by atoms with Crippen molar-refractivity contribution in [3.8, 4) is 0 Å². The van der Waals surface area contributed by atoms with E-state index >= 15 is 0 Å². The van der Waals surface area contributed by atoms with E-state index in [1.165, 1.54) is 12.8 Å². The Kier molecular flexibility index (Phi) is 1.76. The molecule has 5 rings (SSSR count). The smallest absolute Gasteiger partial charge is 0.0181 e. The zero-order valence-electron chi connectivity index (χ0n) is 11.0. The van der Waals surface area contributed by atoms with Crippen LogP contribution in [0, 0.1) is 0 Å². The van der Waals surface area contributed by atoms with Crippen molar-refractivity contribution in [3.63, 3.8) is 0 Å². The highest BCUT2D eigenvalue weighted by atomic mass is 14.5. The largest absolute Gasteiger partial charge is 0.0619 e. The summed E-state index contributed by atoms with van der Waals surface area (Å²) in [7, 11) is 0. The van der Waals surface area contributed by atoms with Crippen molar-refractivity contribution in [2.24, 2.45) is 0 Å². The average Bonchev–Trinajstić information content (AvgIpc) is 2.43. The van der Waals surface area contributed by atoms with Gasteiger partial charge in [-0.3, -0.25) is 0 Å². The standard InChI is InChI=1S/C18H18/c1-17-11-12-18(2,15-9-5-3-7-13(15)17)16-10-6-4-8-14(16)17/h3-10H,11-12H2,1-2H3. The highest BCUT2D eigenvalue weighted by Crippen LogP contribution is 2.58. The Morgan fingerprint density at radius 1 is 0.611 bits per heavy atom. The topological polar surface area (TPSA) is 0 Å². The fourth-order valence-electron chi connectivity index (χ4n) is 4.22. The van der Waals surface area contributed by atoms with Crippen molar-refractivity contribution in [2.45, 2.75) is 37.5 Å². The molecule has 18 heavy (non-hydrogen) atoms. The fraction of sp³-hybridized carbons (Fsp3) is 0.333. The van der Waals surface area contributed by atoms with E-state index in [1.807, 2.05) is 0 Å². The molecule has 2 bridgehead atoms. The number of hydrogen-bond acceptors (Lipinski definition) is 0. The minimum Gasteiger partial charge on any atom is -0.0619 e. The zero-order valence-corrected chi connectivity index (χ0v) is 11.0. The summed E-state index contributed by atoms with van der Waals surface area (Å²) in [6, 6.07) is 18.1. The van der Waals surface area contributed by atoms with E-state index in [2.05, 4.69) is 62.4 Å². The number of hydrogen-bond donors (Lipinski definition) is 0. The summed E-state index contributed by atoms with van der Waals surface area (Å²) in [5.41, 5.74) is 6.67. The molecule has 0 saturated carbocycles. The summed E-state index contributed by atoms with van der Waals surface area (Å²) in [4.78, 5) is 0. The van der Waals surface area contributed by atoms with Gasteiger partial charge in [0.15, 0.2) is 0 Å². The van der Waals surface area contributed by atoms with Gasteiger partial charge in [0.25, 0.3) is 0 Å². The van der Waals surface area contributed by atoms with Gasteiger partial charge in [-0.15, -0.1) is 0 Å². The van der Waals surface area contributed by atoms with Crippen molar-refractivity contribution >= 4 is 0 Å². The van der Waals surface area contributed by atoms with E-state index < -0.39 is 0 Å². The Balaban J connectivity index is 2.16. The summed E-state index contributed by atoms with van der Waals surface area (Å²) >= 11 is 0. The molecule has 90 valence electrons. The van der Waals surface area contributed by atoms with Crippen molar-refractivity contribution < 1.29 is 0 Å².